The summed E-state index contributed by atoms with van der Waals surface area (Å²) in [5, 5.41) is 1.92. The van der Waals surface area contributed by atoms with Gasteiger partial charge in [-0.15, -0.1) is 11.3 Å². The molecule has 2 heterocycles. The molecule has 4 nitrogen and oxygen atoms in total. The van der Waals surface area contributed by atoms with E-state index in [9.17, 15) is 4.79 Å². The zero-order chi connectivity index (χ0) is 9.10. The van der Waals surface area contributed by atoms with E-state index in [1.54, 1.807) is 29.3 Å². The van der Waals surface area contributed by atoms with Crippen LogP contribution < -0.4 is 0 Å². The van der Waals surface area contributed by atoms with E-state index >= 15 is 0 Å². The molecule has 0 amide bonds. The number of cyclic esters (lactones) is 2. The SMILES string of the molecule is O=C1OCC(CSc2nccs2)O1. The Morgan fingerprint density at radius 2 is 2.69 bits per heavy atom. The predicted octanol–water partition coefficient (Wildman–Crippen LogP) is 1.77. The Labute approximate surface area is 83.3 Å². The average molecular weight is 217 g/mol. The van der Waals surface area contributed by atoms with E-state index in [4.69, 9.17) is 4.74 Å². The molecule has 1 fully saturated rings. The lowest BCUT2D eigenvalue weighted by Crippen LogP contribution is -2.12. The van der Waals surface area contributed by atoms with Gasteiger partial charge in [0.2, 0.25) is 0 Å². The smallest absolute Gasteiger partial charge is 0.430 e. The number of carbonyl (C=O) groups is 1. The van der Waals surface area contributed by atoms with Crippen molar-refractivity contribution in [2.24, 2.45) is 0 Å². The minimum atomic E-state index is -0.565. The van der Waals surface area contributed by atoms with Crippen molar-refractivity contribution in [2.45, 2.75) is 10.4 Å². The van der Waals surface area contributed by atoms with E-state index in [1.165, 1.54) is 0 Å². The first-order valence-electron chi connectivity index (χ1n) is 3.70. The molecule has 6 heteroatoms. The van der Waals surface area contributed by atoms with E-state index in [2.05, 4.69) is 9.72 Å². The third-order valence-electron chi connectivity index (χ3n) is 1.45. The molecule has 0 N–H and O–H groups in total. The second kappa shape index (κ2) is 3.97. The van der Waals surface area contributed by atoms with Gasteiger partial charge in [-0.25, -0.2) is 9.78 Å². The lowest BCUT2D eigenvalue weighted by molar-refractivity contribution is 0.122. The van der Waals surface area contributed by atoms with Crippen molar-refractivity contribution < 1.29 is 14.3 Å². The molecule has 0 spiro atoms. The van der Waals surface area contributed by atoms with Crippen LogP contribution in [0.4, 0.5) is 4.79 Å². The van der Waals surface area contributed by atoms with Crippen molar-refractivity contribution in [3.8, 4) is 0 Å². The molecule has 70 valence electrons. The molecule has 0 saturated carbocycles. The van der Waals surface area contributed by atoms with Gasteiger partial charge in [-0.1, -0.05) is 11.8 Å². The number of thiazole rings is 1. The molecule has 0 aromatic carbocycles. The summed E-state index contributed by atoms with van der Waals surface area (Å²) in [6.45, 7) is 0.358. The van der Waals surface area contributed by atoms with Crippen LogP contribution in [0.25, 0.3) is 0 Å². The molecule has 1 aliphatic rings. The van der Waals surface area contributed by atoms with E-state index in [0.29, 0.717) is 12.4 Å². The van der Waals surface area contributed by atoms with Gasteiger partial charge in [-0.05, 0) is 0 Å². The minimum Gasteiger partial charge on any atom is -0.430 e. The van der Waals surface area contributed by atoms with Crippen LogP contribution in [-0.2, 0) is 9.47 Å². The third-order valence-corrected chi connectivity index (χ3v) is 3.55. The monoisotopic (exact) mass is 217 g/mol. The summed E-state index contributed by atoms with van der Waals surface area (Å²) in [5.41, 5.74) is 0. The Bertz CT molecular complexity index is 288. The van der Waals surface area contributed by atoms with Crippen molar-refractivity contribution in [3.05, 3.63) is 11.6 Å². The van der Waals surface area contributed by atoms with Gasteiger partial charge in [0.25, 0.3) is 0 Å². The van der Waals surface area contributed by atoms with Crippen molar-refractivity contribution in [2.75, 3.05) is 12.4 Å². The zero-order valence-electron chi connectivity index (χ0n) is 6.63. The summed E-state index contributed by atoms with van der Waals surface area (Å²) in [5.74, 6) is 0.708. The standard InChI is InChI=1S/C7H7NO3S2/c9-7-10-3-5(11-7)4-13-6-8-1-2-12-6/h1-2,5H,3-4H2. The summed E-state index contributed by atoms with van der Waals surface area (Å²) in [6.07, 6.45) is 1.07. The van der Waals surface area contributed by atoms with Crippen LogP contribution in [0.3, 0.4) is 0 Å². The van der Waals surface area contributed by atoms with Crippen LogP contribution >= 0.6 is 23.1 Å². The summed E-state index contributed by atoms with van der Waals surface area (Å²) in [7, 11) is 0. The maximum absolute atomic E-state index is 10.5. The molecule has 0 aliphatic carbocycles. The van der Waals surface area contributed by atoms with Gasteiger partial charge in [-0.2, -0.15) is 0 Å². The molecule has 1 aromatic rings. The maximum Gasteiger partial charge on any atom is 0.508 e. The first-order chi connectivity index (χ1) is 6.34. The third kappa shape index (κ3) is 2.35. The van der Waals surface area contributed by atoms with Crippen LogP contribution in [0.2, 0.25) is 0 Å². The number of hydrogen-bond acceptors (Lipinski definition) is 6. The normalized spacial score (nSPS) is 21.2. The minimum absolute atomic E-state index is 0.124. The van der Waals surface area contributed by atoms with E-state index in [1.807, 2.05) is 5.38 Å². The molecular formula is C7H7NO3S2. The van der Waals surface area contributed by atoms with Crippen LogP contribution in [0.5, 0.6) is 0 Å². The Morgan fingerprint density at radius 1 is 1.77 bits per heavy atom. The zero-order valence-corrected chi connectivity index (χ0v) is 8.27. The molecule has 0 radical (unpaired) electrons. The number of aromatic nitrogens is 1. The van der Waals surface area contributed by atoms with E-state index in [0.717, 1.165) is 4.34 Å². The molecule has 1 unspecified atom stereocenters. The van der Waals surface area contributed by atoms with Crippen molar-refractivity contribution >= 4 is 29.3 Å². The number of thioether (sulfide) groups is 1. The molecule has 13 heavy (non-hydrogen) atoms. The average Bonchev–Trinajstić information content (AvgIpc) is 2.71. The van der Waals surface area contributed by atoms with E-state index in [-0.39, 0.29) is 6.10 Å². The maximum atomic E-state index is 10.5. The van der Waals surface area contributed by atoms with Crippen molar-refractivity contribution in [1.82, 2.24) is 4.98 Å². The Hall–Kier alpha value is -0.750. The highest BCUT2D eigenvalue weighted by atomic mass is 32.2. The topological polar surface area (TPSA) is 48.4 Å². The molecule has 1 aliphatic heterocycles. The summed E-state index contributed by atoms with van der Waals surface area (Å²) in [4.78, 5) is 14.6. The fourth-order valence-electron chi connectivity index (χ4n) is 0.893. The molecule has 1 aromatic heterocycles. The predicted molar refractivity (Wildman–Crippen MR) is 49.1 cm³/mol. The number of rotatable bonds is 3. The highest BCUT2D eigenvalue weighted by molar-refractivity contribution is 8.01. The quantitative estimate of drug-likeness (QED) is 0.570. The molecule has 1 atom stereocenters. The highest BCUT2D eigenvalue weighted by Crippen LogP contribution is 2.23. The van der Waals surface area contributed by atoms with Crippen LogP contribution in [0, 0.1) is 0 Å². The molecule has 0 bridgehead atoms. The first kappa shape index (κ1) is 8.83. The van der Waals surface area contributed by atoms with Gasteiger partial charge >= 0.3 is 6.16 Å². The van der Waals surface area contributed by atoms with Crippen LogP contribution in [0.15, 0.2) is 15.9 Å². The molecule has 2 rings (SSSR count). The number of hydrogen-bond donors (Lipinski definition) is 0. The fourth-order valence-corrected chi connectivity index (χ4v) is 2.52. The number of ether oxygens (including phenoxy) is 2. The number of nitrogens with zero attached hydrogens (tertiary/aromatic N) is 1. The lowest BCUT2D eigenvalue weighted by atomic mass is 10.4. The molecule has 1 saturated heterocycles. The Balaban J connectivity index is 1.77. The van der Waals surface area contributed by atoms with Gasteiger partial charge in [0.15, 0.2) is 0 Å². The van der Waals surface area contributed by atoms with E-state index < -0.39 is 6.16 Å². The molecular weight excluding hydrogens is 210 g/mol. The Morgan fingerprint density at radius 3 is 3.31 bits per heavy atom. The van der Waals surface area contributed by atoms with Crippen LogP contribution in [-0.4, -0.2) is 29.6 Å². The summed E-state index contributed by atoms with van der Waals surface area (Å²) >= 11 is 3.15. The Kier molecular flexibility index (Phi) is 2.70. The highest BCUT2D eigenvalue weighted by Gasteiger charge is 2.24. The fraction of sp³-hybridized carbons (Fsp3) is 0.429. The second-order valence-electron chi connectivity index (χ2n) is 2.41. The van der Waals surface area contributed by atoms with Crippen molar-refractivity contribution in [3.63, 3.8) is 0 Å². The van der Waals surface area contributed by atoms with Gasteiger partial charge in [0.1, 0.15) is 17.1 Å². The van der Waals surface area contributed by atoms with Gasteiger partial charge in [-0.3, -0.25) is 0 Å². The first-order valence-corrected chi connectivity index (χ1v) is 5.57. The van der Waals surface area contributed by atoms with Gasteiger partial charge in [0.05, 0.1) is 0 Å². The number of carbonyl (C=O) groups excluding carboxylic acids is 1. The largest absolute Gasteiger partial charge is 0.508 e. The lowest BCUT2D eigenvalue weighted by Gasteiger charge is -2.02. The van der Waals surface area contributed by atoms with Crippen molar-refractivity contribution in [1.29, 1.82) is 0 Å². The summed E-state index contributed by atoms with van der Waals surface area (Å²) in [6, 6.07) is 0. The van der Waals surface area contributed by atoms with Gasteiger partial charge < -0.3 is 9.47 Å². The second-order valence-corrected chi connectivity index (χ2v) is 4.57. The van der Waals surface area contributed by atoms with Gasteiger partial charge in [0, 0.05) is 17.3 Å². The summed E-state index contributed by atoms with van der Waals surface area (Å²) < 4.78 is 10.5. The van der Waals surface area contributed by atoms with Crippen LogP contribution in [0.1, 0.15) is 0 Å².